The lowest BCUT2D eigenvalue weighted by atomic mass is 10.2. The minimum absolute atomic E-state index is 0.357. The zero-order valence-electron chi connectivity index (χ0n) is 13.6. The molecule has 0 saturated carbocycles. The quantitative estimate of drug-likeness (QED) is 0.605. The fraction of sp³-hybridized carbons (Fsp3) is 0.176. The summed E-state index contributed by atoms with van der Waals surface area (Å²) in [6.45, 7) is 2.96. The highest BCUT2D eigenvalue weighted by molar-refractivity contribution is 5.61. The number of aromatic nitrogens is 6. The van der Waals surface area contributed by atoms with E-state index in [-0.39, 0.29) is 5.82 Å². The van der Waals surface area contributed by atoms with E-state index in [1.165, 1.54) is 10.6 Å². The van der Waals surface area contributed by atoms with Crippen LogP contribution in [0.4, 0.5) is 15.9 Å². The molecule has 0 saturated heterocycles. The van der Waals surface area contributed by atoms with E-state index >= 15 is 0 Å². The van der Waals surface area contributed by atoms with Gasteiger partial charge in [0.15, 0.2) is 17.3 Å². The van der Waals surface area contributed by atoms with Gasteiger partial charge in [0.1, 0.15) is 5.82 Å². The Bertz CT molecular complexity index is 1020. The Morgan fingerprint density at radius 1 is 1.12 bits per heavy atom. The second-order valence-corrected chi connectivity index (χ2v) is 5.61. The molecule has 4 aromatic rings. The highest BCUT2D eigenvalue weighted by Gasteiger charge is 2.13. The molecule has 4 rings (SSSR count). The first-order valence-corrected chi connectivity index (χ1v) is 8.01. The molecule has 8 heteroatoms. The summed E-state index contributed by atoms with van der Waals surface area (Å²) in [7, 11) is 0. The molecule has 0 aliphatic heterocycles. The molecule has 7 nitrogen and oxygen atoms in total. The number of nitrogens with zero attached hydrogens (tertiary/aromatic N) is 6. The van der Waals surface area contributed by atoms with E-state index in [0.29, 0.717) is 22.9 Å². The van der Waals surface area contributed by atoms with Gasteiger partial charge in [0, 0.05) is 12.7 Å². The summed E-state index contributed by atoms with van der Waals surface area (Å²) in [4.78, 5) is 0. The van der Waals surface area contributed by atoms with Crippen LogP contribution in [-0.4, -0.2) is 29.6 Å². The number of anilines is 2. The number of fused-ring (bicyclic) bond motifs is 1. The molecule has 3 aromatic heterocycles. The van der Waals surface area contributed by atoms with Crippen molar-refractivity contribution in [1.29, 1.82) is 0 Å². The van der Waals surface area contributed by atoms with Crippen molar-refractivity contribution in [3.05, 3.63) is 54.6 Å². The molecule has 0 radical (unpaired) electrons. The molecule has 0 atom stereocenters. The van der Waals surface area contributed by atoms with E-state index in [9.17, 15) is 4.39 Å². The van der Waals surface area contributed by atoms with Gasteiger partial charge in [-0.3, -0.25) is 4.68 Å². The molecule has 0 spiro atoms. The number of hydrogen-bond acceptors (Lipinski definition) is 5. The van der Waals surface area contributed by atoms with Gasteiger partial charge in [-0.1, -0.05) is 19.1 Å². The van der Waals surface area contributed by atoms with Crippen LogP contribution in [0.2, 0.25) is 0 Å². The molecule has 1 N–H and O–H groups in total. The van der Waals surface area contributed by atoms with Gasteiger partial charge in [-0.2, -0.15) is 9.61 Å². The van der Waals surface area contributed by atoms with Crippen molar-refractivity contribution in [3.63, 3.8) is 0 Å². The summed E-state index contributed by atoms with van der Waals surface area (Å²) in [5.74, 6) is 0.595. The van der Waals surface area contributed by atoms with Crippen LogP contribution in [0.5, 0.6) is 0 Å². The number of halogens is 1. The normalized spacial score (nSPS) is 11.1. The van der Waals surface area contributed by atoms with Crippen LogP contribution in [-0.2, 0) is 6.54 Å². The first-order valence-electron chi connectivity index (χ1n) is 8.01. The van der Waals surface area contributed by atoms with Gasteiger partial charge in [-0.25, -0.2) is 4.39 Å². The van der Waals surface area contributed by atoms with Gasteiger partial charge in [0.05, 0.1) is 17.4 Å². The Labute approximate surface area is 143 Å². The first-order chi connectivity index (χ1) is 12.2. The number of nitrogens with one attached hydrogen (secondary N) is 1. The fourth-order valence-electron chi connectivity index (χ4n) is 2.59. The van der Waals surface area contributed by atoms with Gasteiger partial charge >= 0.3 is 0 Å². The lowest BCUT2D eigenvalue weighted by Crippen LogP contribution is -2.01. The molecule has 0 bridgehead atoms. The smallest absolute Gasteiger partial charge is 0.188 e. The zero-order valence-corrected chi connectivity index (χ0v) is 13.6. The Morgan fingerprint density at radius 2 is 2.00 bits per heavy atom. The maximum atomic E-state index is 14.1. The Morgan fingerprint density at radius 3 is 2.84 bits per heavy atom. The Balaban J connectivity index is 1.69. The van der Waals surface area contributed by atoms with E-state index in [1.807, 2.05) is 10.9 Å². The number of aryl methyl sites for hydroxylation is 1. The van der Waals surface area contributed by atoms with Crippen molar-refractivity contribution in [1.82, 2.24) is 29.6 Å². The van der Waals surface area contributed by atoms with Crippen LogP contribution in [0.1, 0.15) is 13.3 Å². The van der Waals surface area contributed by atoms with Crippen LogP contribution in [0, 0.1) is 5.82 Å². The molecule has 0 fully saturated rings. The van der Waals surface area contributed by atoms with Crippen molar-refractivity contribution in [2.75, 3.05) is 5.32 Å². The number of hydrogen-bond donors (Lipinski definition) is 1. The largest absolute Gasteiger partial charge is 0.336 e. The van der Waals surface area contributed by atoms with Crippen molar-refractivity contribution in [3.8, 4) is 11.4 Å². The summed E-state index contributed by atoms with van der Waals surface area (Å²) >= 11 is 0. The summed E-state index contributed by atoms with van der Waals surface area (Å²) in [5, 5.41) is 20.1. The van der Waals surface area contributed by atoms with Crippen LogP contribution >= 0.6 is 0 Å². The molecular weight excluding hydrogens is 321 g/mol. The van der Waals surface area contributed by atoms with Crippen LogP contribution in [0.25, 0.3) is 17.0 Å². The third-order valence-electron chi connectivity index (χ3n) is 3.74. The summed E-state index contributed by atoms with van der Waals surface area (Å²) in [5.41, 5.74) is 1.74. The van der Waals surface area contributed by atoms with Crippen molar-refractivity contribution in [2.45, 2.75) is 19.9 Å². The Hall–Kier alpha value is -3.29. The average molecular weight is 337 g/mol. The van der Waals surface area contributed by atoms with E-state index in [0.717, 1.165) is 18.7 Å². The third kappa shape index (κ3) is 2.93. The minimum atomic E-state index is -0.363. The highest BCUT2D eigenvalue weighted by Crippen LogP contribution is 2.22. The van der Waals surface area contributed by atoms with Crippen LogP contribution in [0.3, 0.4) is 0 Å². The fourth-order valence-corrected chi connectivity index (χ4v) is 2.59. The van der Waals surface area contributed by atoms with Crippen molar-refractivity contribution < 1.29 is 4.39 Å². The molecule has 3 heterocycles. The number of rotatable bonds is 5. The maximum Gasteiger partial charge on any atom is 0.188 e. The predicted octanol–water partition coefficient (Wildman–Crippen LogP) is 3.28. The topological polar surface area (TPSA) is 72.9 Å². The van der Waals surface area contributed by atoms with Gasteiger partial charge in [0.25, 0.3) is 0 Å². The SMILES string of the molecule is CCCn1cc(Nc2ccc3nnc(-c4ccccc4F)n3n2)cn1. The molecule has 0 amide bonds. The minimum Gasteiger partial charge on any atom is -0.336 e. The average Bonchev–Trinajstić information content (AvgIpc) is 3.22. The summed E-state index contributed by atoms with van der Waals surface area (Å²) in [6.07, 6.45) is 4.67. The van der Waals surface area contributed by atoms with Gasteiger partial charge < -0.3 is 5.32 Å². The van der Waals surface area contributed by atoms with Gasteiger partial charge in [0.2, 0.25) is 0 Å². The van der Waals surface area contributed by atoms with Gasteiger partial charge in [-0.15, -0.1) is 15.3 Å². The summed E-state index contributed by atoms with van der Waals surface area (Å²) in [6, 6.07) is 10.0. The molecule has 126 valence electrons. The maximum absolute atomic E-state index is 14.1. The predicted molar refractivity (Wildman–Crippen MR) is 92.0 cm³/mol. The van der Waals surface area contributed by atoms with E-state index in [4.69, 9.17) is 0 Å². The first kappa shape index (κ1) is 15.3. The molecule has 25 heavy (non-hydrogen) atoms. The monoisotopic (exact) mass is 337 g/mol. The zero-order chi connectivity index (χ0) is 17.2. The lowest BCUT2D eigenvalue weighted by molar-refractivity contribution is 0.603. The molecule has 0 unspecified atom stereocenters. The molecular formula is C17H16FN7. The number of benzene rings is 1. The lowest BCUT2D eigenvalue weighted by Gasteiger charge is -2.05. The van der Waals surface area contributed by atoms with Crippen molar-refractivity contribution in [2.24, 2.45) is 0 Å². The van der Waals surface area contributed by atoms with E-state index in [1.54, 1.807) is 36.5 Å². The standard InChI is InChI=1S/C17H16FN7/c1-2-9-24-11-12(10-19-24)20-15-7-8-16-21-22-17(25(16)23-15)13-5-3-4-6-14(13)18/h3-8,10-11H,2,9H2,1H3,(H,20,23). The van der Waals surface area contributed by atoms with Crippen LogP contribution in [0.15, 0.2) is 48.8 Å². The molecule has 0 aliphatic rings. The third-order valence-corrected chi connectivity index (χ3v) is 3.74. The summed E-state index contributed by atoms with van der Waals surface area (Å²) < 4.78 is 17.5. The van der Waals surface area contributed by atoms with Gasteiger partial charge in [-0.05, 0) is 30.7 Å². The van der Waals surface area contributed by atoms with Crippen molar-refractivity contribution >= 4 is 17.2 Å². The van der Waals surface area contributed by atoms with E-state index in [2.05, 4.69) is 32.6 Å². The van der Waals surface area contributed by atoms with E-state index < -0.39 is 0 Å². The second kappa shape index (κ2) is 6.31. The highest BCUT2D eigenvalue weighted by atomic mass is 19.1. The molecule has 1 aromatic carbocycles. The second-order valence-electron chi connectivity index (χ2n) is 5.61. The Kier molecular flexibility index (Phi) is 3.85. The molecule has 0 aliphatic carbocycles. The van der Waals surface area contributed by atoms with Crippen LogP contribution < -0.4 is 5.32 Å².